The number of allylic oxidation sites excluding steroid dienone is 1. The van der Waals surface area contributed by atoms with Crippen molar-refractivity contribution in [2.24, 2.45) is 5.92 Å². The molecule has 2 N–H and O–H groups in total. The second-order valence-corrected chi connectivity index (χ2v) is 16.7. The number of piperazine rings is 1. The van der Waals surface area contributed by atoms with Crippen molar-refractivity contribution in [2.45, 2.75) is 76.9 Å². The topological polar surface area (TPSA) is 150 Å². The molecule has 3 aliphatic heterocycles. The van der Waals surface area contributed by atoms with Crippen molar-refractivity contribution >= 4 is 46.0 Å². The number of carbonyl (C=O) groups is 2. The SMILES string of the molecule is C=CCn1c(=O)c2cnc(Nc3ccc(N4CCN(C)C(CC5CCN(c6ccc(CN7CCC(=O)NC7=O)nc6)CC5)C4)cc3)nc2n1-c1ccc2c(n1)C(CC)CC2. The Morgan fingerprint density at radius 1 is 0.867 bits per heavy atom. The third kappa shape index (κ3) is 7.97. The minimum Gasteiger partial charge on any atom is -0.370 e. The van der Waals surface area contributed by atoms with E-state index in [1.54, 1.807) is 21.9 Å². The number of carbonyl (C=O) groups excluding carboxylic acids is 2. The van der Waals surface area contributed by atoms with E-state index in [4.69, 9.17) is 9.97 Å². The third-order valence-corrected chi connectivity index (χ3v) is 13.0. The standard InChI is InChI=1S/C45H54N12O3/c1-4-19-56-43(59)38-27-47-44(51-42(38)57(56)39-15-8-32-7-6-31(5-2)41(32)49-39)48-33-9-12-35(13-10-33)54-24-23-52(3)37(29-54)25-30-16-20-53(21-17-30)36-14-11-34(46-26-36)28-55-22-18-40(58)50-45(55)60/h4,8-15,26-27,30-31,37H,1,5-7,16-25,28-29H2,2-3H3,(H,47,48,51)(H,50,58,60). The average Bonchev–Trinajstić information content (AvgIpc) is 3.80. The first-order valence-corrected chi connectivity index (χ1v) is 21.4. The van der Waals surface area contributed by atoms with E-state index in [1.165, 1.54) is 11.3 Å². The minimum atomic E-state index is -0.349. The molecule has 15 heteroatoms. The lowest BCUT2D eigenvalue weighted by Crippen LogP contribution is -2.52. The number of hydrogen-bond acceptors (Lipinski definition) is 11. The molecule has 3 fully saturated rings. The fourth-order valence-electron chi connectivity index (χ4n) is 9.42. The second kappa shape index (κ2) is 16.9. The number of aryl methyl sites for hydroxylation is 1. The quantitative estimate of drug-likeness (QED) is 0.152. The molecule has 0 saturated carbocycles. The molecule has 4 aliphatic rings. The Labute approximate surface area is 350 Å². The summed E-state index contributed by atoms with van der Waals surface area (Å²) in [5, 5.41) is 6.20. The van der Waals surface area contributed by atoms with E-state index in [1.807, 2.05) is 23.0 Å². The first-order valence-electron chi connectivity index (χ1n) is 21.4. The van der Waals surface area contributed by atoms with E-state index in [0.29, 0.717) is 66.7 Å². The zero-order valence-corrected chi connectivity index (χ0v) is 34.6. The molecule has 3 saturated heterocycles. The van der Waals surface area contributed by atoms with Gasteiger partial charge in [0.2, 0.25) is 11.9 Å². The summed E-state index contributed by atoms with van der Waals surface area (Å²) in [6.45, 7) is 12.2. The van der Waals surface area contributed by atoms with E-state index in [-0.39, 0.29) is 17.5 Å². The number of rotatable bonds is 12. The highest BCUT2D eigenvalue weighted by molar-refractivity contribution is 5.96. The maximum Gasteiger partial charge on any atom is 0.324 e. The van der Waals surface area contributed by atoms with E-state index in [0.717, 1.165) is 94.0 Å². The van der Waals surface area contributed by atoms with Crippen molar-refractivity contribution in [2.75, 3.05) is 61.4 Å². The Bertz CT molecular complexity index is 2440. The number of nitrogens with zero attached hydrogens (tertiary/aromatic N) is 10. The van der Waals surface area contributed by atoms with E-state index >= 15 is 0 Å². The van der Waals surface area contributed by atoms with Crippen molar-refractivity contribution in [3.8, 4) is 5.82 Å². The highest BCUT2D eigenvalue weighted by Gasteiger charge is 2.30. The van der Waals surface area contributed by atoms with Crippen LogP contribution in [0.25, 0.3) is 16.9 Å². The van der Waals surface area contributed by atoms with Gasteiger partial charge in [-0.05, 0) is 99.5 Å². The molecule has 7 heterocycles. The lowest BCUT2D eigenvalue weighted by atomic mass is 9.88. The van der Waals surface area contributed by atoms with Crippen LogP contribution in [0.5, 0.6) is 0 Å². The number of fused-ring (bicyclic) bond motifs is 2. The van der Waals surface area contributed by atoms with Gasteiger partial charge in [0.1, 0.15) is 5.39 Å². The Balaban J connectivity index is 0.817. The van der Waals surface area contributed by atoms with Crippen molar-refractivity contribution in [1.82, 2.24) is 44.4 Å². The molecule has 2 atom stereocenters. The smallest absolute Gasteiger partial charge is 0.324 e. The monoisotopic (exact) mass is 810 g/mol. The minimum absolute atomic E-state index is 0.172. The average molecular weight is 811 g/mol. The van der Waals surface area contributed by atoms with Gasteiger partial charge in [0.25, 0.3) is 5.56 Å². The van der Waals surface area contributed by atoms with Crippen LogP contribution in [0.4, 0.5) is 27.8 Å². The van der Waals surface area contributed by atoms with Gasteiger partial charge in [-0.15, -0.1) is 6.58 Å². The number of benzene rings is 1. The predicted octanol–water partition coefficient (Wildman–Crippen LogP) is 5.61. The van der Waals surface area contributed by atoms with E-state index in [2.05, 4.69) is 92.2 Å². The van der Waals surface area contributed by atoms with Gasteiger partial charge in [0.05, 0.1) is 30.7 Å². The highest BCUT2D eigenvalue weighted by atomic mass is 16.2. The molecule has 4 aromatic heterocycles. The predicted molar refractivity (Wildman–Crippen MR) is 233 cm³/mol. The molecule has 1 aromatic carbocycles. The number of imide groups is 1. The fourth-order valence-corrected chi connectivity index (χ4v) is 9.42. The first-order chi connectivity index (χ1) is 29.2. The summed E-state index contributed by atoms with van der Waals surface area (Å²) in [6, 6.07) is 16.8. The number of pyridine rings is 2. The largest absolute Gasteiger partial charge is 0.370 e. The maximum atomic E-state index is 13.6. The summed E-state index contributed by atoms with van der Waals surface area (Å²) in [7, 11) is 2.26. The van der Waals surface area contributed by atoms with Crippen molar-refractivity contribution in [3.63, 3.8) is 0 Å². The van der Waals surface area contributed by atoms with Crippen LogP contribution in [0.3, 0.4) is 0 Å². The molecule has 60 heavy (non-hydrogen) atoms. The summed E-state index contributed by atoms with van der Waals surface area (Å²) in [4.78, 5) is 65.4. The summed E-state index contributed by atoms with van der Waals surface area (Å²) in [5.74, 6) is 1.94. The van der Waals surface area contributed by atoms with Crippen LogP contribution in [0, 0.1) is 5.92 Å². The molecule has 5 aromatic rings. The summed E-state index contributed by atoms with van der Waals surface area (Å²) < 4.78 is 3.45. The number of anilines is 4. The van der Waals surface area contributed by atoms with Crippen LogP contribution in [-0.4, -0.2) is 103 Å². The van der Waals surface area contributed by atoms with Crippen LogP contribution in [0.15, 0.2) is 78.4 Å². The van der Waals surface area contributed by atoms with Gasteiger partial charge in [-0.2, -0.15) is 4.98 Å². The Kier molecular flexibility index (Phi) is 11.1. The molecular formula is C45H54N12O3. The zero-order valence-electron chi connectivity index (χ0n) is 34.6. The van der Waals surface area contributed by atoms with E-state index < -0.39 is 0 Å². The highest BCUT2D eigenvalue weighted by Crippen LogP contribution is 2.35. The number of nitrogens with one attached hydrogen (secondary N) is 2. The lowest BCUT2D eigenvalue weighted by molar-refractivity contribution is -0.121. The zero-order chi connectivity index (χ0) is 41.3. The van der Waals surface area contributed by atoms with Gasteiger partial charge in [0, 0.05) is 80.9 Å². The maximum absolute atomic E-state index is 13.6. The molecule has 0 bridgehead atoms. The fraction of sp³-hybridized carbons (Fsp3) is 0.444. The number of urea groups is 1. The van der Waals surface area contributed by atoms with Crippen molar-refractivity contribution < 1.29 is 9.59 Å². The Hall–Kier alpha value is -6.09. The molecule has 1 aliphatic carbocycles. The van der Waals surface area contributed by atoms with Crippen LogP contribution in [0.2, 0.25) is 0 Å². The van der Waals surface area contributed by atoms with Gasteiger partial charge in [-0.3, -0.25) is 24.8 Å². The molecule has 312 valence electrons. The van der Waals surface area contributed by atoms with Crippen LogP contribution in [0.1, 0.15) is 68.3 Å². The summed E-state index contributed by atoms with van der Waals surface area (Å²) in [6.07, 6.45) is 12.2. The van der Waals surface area contributed by atoms with Crippen LogP contribution >= 0.6 is 0 Å². The van der Waals surface area contributed by atoms with Gasteiger partial charge < -0.3 is 20.0 Å². The summed E-state index contributed by atoms with van der Waals surface area (Å²) in [5.41, 5.74) is 6.74. The molecular weight excluding hydrogens is 757 g/mol. The summed E-state index contributed by atoms with van der Waals surface area (Å²) >= 11 is 0. The van der Waals surface area contributed by atoms with Crippen LogP contribution < -0.4 is 26.0 Å². The van der Waals surface area contributed by atoms with Crippen molar-refractivity contribution in [1.29, 1.82) is 0 Å². The van der Waals surface area contributed by atoms with E-state index in [9.17, 15) is 14.4 Å². The number of aromatic nitrogens is 6. The number of piperidine rings is 1. The van der Waals surface area contributed by atoms with Crippen molar-refractivity contribution in [3.05, 3.63) is 101 Å². The Morgan fingerprint density at radius 3 is 2.43 bits per heavy atom. The molecule has 2 unspecified atom stereocenters. The number of likely N-dealkylation sites (N-methyl/N-ethyl adjacent to an activating group) is 1. The Morgan fingerprint density at radius 2 is 1.68 bits per heavy atom. The third-order valence-electron chi connectivity index (χ3n) is 13.0. The number of amides is 3. The first kappa shape index (κ1) is 39.4. The molecule has 3 amide bonds. The molecule has 0 spiro atoms. The van der Waals surface area contributed by atoms with Gasteiger partial charge in [0.15, 0.2) is 11.5 Å². The molecule has 9 rings (SSSR count). The van der Waals surface area contributed by atoms with Crippen LogP contribution in [-0.2, 0) is 24.3 Å². The molecule has 15 nitrogen and oxygen atoms in total. The normalized spacial score (nSPS) is 20.1. The lowest BCUT2D eigenvalue weighted by Gasteiger charge is -2.43. The second-order valence-electron chi connectivity index (χ2n) is 16.7. The number of hydrogen-bond donors (Lipinski definition) is 2. The van der Waals surface area contributed by atoms with Gasteiger partial charge in [-0.25, -0.2) is 24.1 Å². The molecule has 0 radical (unpaired) electrons. The van der Waals surface area contributed by atoms with Gasteiger partial charge in [-0.1, -0.05) is 19.1 Å². The van der Waals surface area contributed by atoms with Gasteiger partial charge >= 0.3 is 6.03 Å².